The van der Waals surface area contributed by atoms with Gasteiger partial charge in [0.05, 0.1) is 18.2 Å². The van der Waals surface area contributed by atoms with Crippen LogP contribution in [-0.2, 0) is 6.42 Å². The SMILES string of the molecule is CCNC(=NCCCCN1C(=O)c2ccccc2C1=O)NCCc1ccccc1OC. The highest BCUT2D eigenvalue weighted by Crippen LogP contribution is 2.22. The summed E-state index contributed by atoms with van der Waals surface area (Å²) in [5.74, 6) is 1.25. The monoisotopic (exact) mass is 422 g/mol. The minimum Gasteiger partial charge on any atom is -0.496 e. The standard InChI is InChI=1S/C24H30N4O3/c1-3-25-24(27-16-14-18-10-4-7-13-21(18)31-2)26-15-8-9-17-28-22(29)19-11-5-6-12-20(19)23(28)30/h4-7,10-13H,3,8-9,14-17H2,1-2H3,(H2,25,26,27). The van der Waals surface area contributed by atoms with E-state index in [1.165, 1.54) is 4.90 Å². The number of hydrogen-bond donors (Lipinski definition) is 2. The van der Waals surface area contributed by atoms with Crippen molar-refractivity contribution in [2.45, 2.75) is 26.2 Å². The van der Waals surface area contributed by atoms with Gasteiger partial charge in [0.1, 0.15) is 5.75 Å². The lowest BCUT2D eigenvalue weighted by molar-refractivity contribution is 0.0652. The van der Waals surface area contributed by atoms with Gasteiger partial charge < -0.3 is 15.4 Å². The van der Waals surface area contributed by atoms with Crippen LogP contribution in [0.15, 0.2) is 53.5 Å². The normalized spacial score (nSPS) is 13.4. The Hall–Kier alpha value is -3.35. The van der Waals surface area contributed by atoms with Gasteiger partial charge in [0.25, 0.3) is 11.8 Å². The van der Waals surface area contributed by atoms with E-state index in [1.807, 2.05) is 25.1 Å². The third-order valence-corrected chi connectivity index (χ3v) is 5.16. The number of para-hydroxylation sites is 1. The van der Waals surface area contributed by atoms with Crippen LogP contribution in [0.25, 0.3) is 0 Å². The van der Waals surface area contributed by atoms with E-state index in [-0.39, 0.29) is 11.8 Å². The Kier molecular flexibility index (Phi) is 8.04. The van der Waals surface area contributed by atoms with Crippen LogP contribution in [-0.4, -0.2) is 56.0 Å². The summed E-state index contributed by atoms with van der Waals surface area (Å²) in [5, 5.41) is 6.59. The number of benzene rings is 2. The smallest absolute Gasteiger partial charge is 0.261 e. The zero-order valence-electron chi connectivity index (χ0n) is 18.2. The van der Waals surface area contributed by atoms with E-state index in [0.717, 1.165) is 49.6 Å². The predicted octanol–water partition coefficient (Wildman–Crippen LogP) is 2.87. The molecule has 31 heavy (non-hydrogen) atoms. The fourth-order valence-corrected chi connectivity index (χ4v) is 3.58. The molecule has 0 fully saturated rings. The van der Waals surface area contributed by atoms with Crippen molar-refractivity contribution < 1.29 is 14.3 Å². The molecule has 0 aromatic heterocycles. The molecule has 1 aliphatic heterocycles. The van der Waals surface area contributed by atoms with Crippen molar-refractivity contribution in [3.63, 3.8) is 0 Å². The summed E-state index contributed by atoms with van der Waals surface area (Å²) < 4.78 is 5.39. The molecule has 1 heterocycles. The molecule has 7 nitrogen and oxygen atoms in total. The minimum atomic E-state index is -0.199. The molecule has 0 bridgehead atoms. The first kappa shape index (κ1) is 22.3. The molecular weight excluding hydrogens is 392 g/mol. The van der Waals surface area contributed by atoms with Gasteiger partial charge in [-0.1, -0.05) is 30.3 Å². The number of unbranched alkanes of at least 4 members (excludes halogenated alkanes) is 1. The molecule has 7 heteroatoms. The van der Waals surface area contributed by atoms with Crippen LogP contribution >= 0.6 is 0 Å². The molecule has 0 saturated heterocycles. The molecule has 0 atom stereocenters. The number of aliphatic imine (C=N–C) groups is 1. The molecule has 2 amide bonds. The zero-order valence-corrected chi connectivity index (χ0v) is 18.2. The second-order valence-electron chi connectivity index (χ2n) is 7.26. The Morgan fingerprint density at radius 2 is 1.65 bits per heavy atom. The summed E-state index contributed by atoms with van der Waals surface area (Å²) in [7, 11) is 1.68. The van der Waals surface area contributed by atoms with Gasteiger partial charge in [-0.2, -0.15) is 0 Å². The molecule has 0 radical (unpaired) electrons. The lowest BCUT2D eigenvalue weighted by atomic mass is 10.1. The van der Waals surface area contributed by atoms with Gasteiger partial charge in [-0.25, -0.2) is 0 Å². The van der Waals surface area contributed by atoms with Crippen LogP contribution in [0.4, 0.5) is 0 Å². The number of imide groups is 1. The Bertz CT molecular complexity index is 907. The Morgan fingerprint density at radius 3 is 2.32 bits per heavy atom. The largest absolute Gasteiger partial charge is 0.496 e. The van der Waals surface area contributed by atoms with Crippen molar-refractivity contribution in [3.05, 3.63) is 65.2 Å². The van der Waals surface area contributed by atoms with Crippen LogP contribution in [0.1, 0.15) is 46.0 Å². The van der Waals surface area contributed by atoms with E-state index in [2.05, 4.69) is 21.7 Å². The molecule has 164 valence electrons. The highest BCUT2D eigenvalue weighted by Gasteiger charge is 2.34. The minimum absolute atomic E-state index is 0.199. The average Bonchev–Trinajstić information content (AvgIpc) is 3.04. The first-order valence-electron chi connectivity index (χ1n) is 10.7. The number of ether oxygens (including phenoxy) is 1. The molecular formula is C24H30N4O3. The quantitative estimate of drug-likeness (QED) is 0.266. The van der Waals surface area contributed by atoms with Crippen molar-refractivity contribution in [3.8, 4) is 5.75 Å². The number of nitrogens with one attached hydrogen (secondary N) is 2. The number of nitrogens with zero attached hydrogens (tertiary/aromatic N) is 2. The number of carbonyl (C=O) groups excluding carboxylic acids is 2. The van der Waals surface area contributed by atoms with Gasteiger partial charge >= 0.3 is 0 Å². The summed E-state index contributed by atoms with van der Waals surface area (Å²) in [4.78, 5) is 30.7. The van der Waals surface area contributed by atoms with Crippen LogP contribution in [0.5, 0.6) is 5.75 Å². The highest BCUT2D eigenvalue weighted by atomic mass is 16.5. The molecule has 0 aliphatic carbocycles. The summed E-state index contributed by atoms with van der Waals surface area (Å²) in [6, 6.07) is 15.0. The third kappa shape index (κ3) is 5.63. The fraction of sp³-hybridized carbons (Fsp3) is 0.375. The van der Waals surface area contributed by atoms with Crippen molar-refractivity contribution in [1.29, 1.82) is 0 Å². The van der Waals surface area contributed by atoms with Gasteiger partial charge in [-0.3, -0.25) is 19.5 Å². The Balaban J connectivity index is 1.43. The summed E-state index contributed by atoms with van der Waals surface area (Å²) in [6.07, 6.45) is 2.33. The predicted molar refractivity (Wildman–Crippen MR) is 122 cm³/mol. The average molecular weight is 423 g/mol. The molecule has 0 spiro atoms. The van der Waals surface area contributed by atoms with Crippen LogP contribution in [0.3, 0.4) is 0 Å². The Labute approximate surface area is 183 Å². The second-order valence-corrected chi connectivity index (χ2v) is 7.26. The number of methoxy groups -OCH3 is 1. The van der Waals surface area contributed by atoms with E-state index >= 15 is 0 Å². The summed E-state index contributed by atoms with van der Waals surface area (Å²) in [5.41, 5.74) is 2.15. The molecule has 3 rings (SSSR count). The number of rotatable bonds is 10. The third-order valence-electron chi connectivity index (χ3n) is 5.16. The first-order chi connectivity index (χ1) is 15.2. The van der Waals surface area contributed by atoms with E-state index in [1.54, 1.807) is 31.4 Å². The fourth-order valence-electron chi connectivity index (χ4n) is 3.58. The molecule has 1 aliphatic rings. The van der Waals surface area contributed by atoms with Gasteiger partial charge in [0.15, 0.2) is 5.96 Å². The van der Waals surface area contributed by atoms with Crippen molar-refractivity contribution in [2.75, 3.05) is 33.3 Å². The van der Waals surface area contributed by atoms with E-state index in [4.69, 9.17) is 4.74 Å². The van der Waals surface area contributed by atoms with Crippen LogP contribution in [0.2, 0.25) is 0 Å². The van der Waals surface area contributed by atoms with E-state index in [9.17, 15) is 9.59 Å². The maximum atomic E-state index is 12.4. The van der Waals surface area contributed by atoms with E-state index in [0.29, 0.717) is 24.2 Å². The topological polar surface area (TPSA) is 83.0 Å². The number of fused-ring (bicyclic) bond motifs is 1. The molecule has 2 aromatic rings. The number of hydrogen-bond acceptors (Lipinski definition) is 4. The van der Waals surface area contributed by atoms with Gasteiger partial charge in [0, 0.05) is 26.2 Å². The number of amides is 2. The van der Waals surface area contributed by atoms with Crippen molar-refractivity contribution in [2.24, 2.45) is 4.99 Å². The Morgan fingerprint density at radius 1 is 0.968 bits per heavy atom. The maximum Gasteiger partial charge on any atom is 0.261 e. The van der Waals surface area contributed by atoms with Crippen LogP contribution in [0, 0.1) is 0 Å². The first-order valence-corrected chi connectivity index (χ1v) is 10.7. The lowest BCUT2D eigenvalue weighted by Crippen LogP contribution is -2.38. The van der Waals surface area contributed by atoms with Crippen molar-refractivity contribution in [1.82, 2.24) is 15.5 Å². The zero-order chi connectivity index (χ0) is 22.1. The lowest BCUT2D eigenvalue weighted by Gasteiger charge is -2.14. The van der Waals surface area contributed by atoms with Gasteiger partial charge in [-0.05, 0) is 49.9 Å². The van der Waals surface area contributed by atoms with Crippen molar-refractivity contribution >= 4 is 17.8 Å². The van der Waals surface area contributed by atoms with Gasteiger partial charge in [-0.15, -0.1) is 0 Å². The van der Waals surface area contributed by atoms with Crippen LogP contribution < -0.4 is 15.4 Å². The number of carbonyl (C=O) groups is 2. The molecule has 2 N–H and O–H groups in total. The molecule has 0 saturated carbocycles. The van der Waals surface area contributed by atoms with E-state index < -0.39 is 0 Å². The highest BCUT2D eigenvalue weighted by molar-refractivity contribution is 6.21. The molecule has 0 unspecified atom stereocenters. The number of guanidine groups is 1. The second kappa shape index (κ2) is 11.2. The summed E-state index contributed by atoms with van der Waals surface area (Å²) >= 11 is 0. The maximum absolute atomic E-state index is 12.4. The van der Waals surface area contributed by atoms with Gasteiger partial charge in [0.2, 0.25) is 0 Å². The molecule has 2 aromatic carbocycles. The summed E-state index contributed by atoms with van der Waals surface area (Å²) in [6.45, 7) is 4.57.